The Morgan fingerprint density at radius 3 is 2.61 bits per heavy atom. The highest BCUT2D eigenvalue weighted by Crippen LogP contribution is 2.18. The van der Waals surface area contributed by atoms with Crippen LogP contribution < -0.4 is 10.9 Å². The van der Waals surface area contributed by atoms with Gasteiger partial charge < -0.3 is 9.73 Å². The molecule has 0 spiro atoms. The van der Waals surface area contributed by atoms with Crippen LogP contribution in [0.25, 0.3) is 11.0 Å². The monoisotopic (exact) mass is 327 g/mol. The number of carbonyl (C=O) groups is 1. The fraction of sp³-hybridized carbons (Fsp3) is 0.111. The van der Waals surface area contributed by atoms with Gasteiger partial charge in [0.25, 0.3) is 5.91 Å². The van der Waals surface area contributed by atoms with Crippen molar-refractivity contribution in [2.24, 2.45) is 0 Å². The summed E-state index contributed by atoms with van der Waals surface area (Å²) in [6, 6.07) is 13.6. The van der Waals surface area contributed by atoms with Crippen molar-refractivity contribution in [1.82, 2.24) is 5.32 Å². The molecule has 116 valence electrons. The summed E-state index contributed by atoms with van der Waals surface area (Å²) in [6.07, 6.45) is 0. The van der Waals surface area contributed by atoms with E-state index in [2.05, 4.69) is 5.32 Å². The molecule has 1 aromatic heterocycles. The molecule has 1 N–H and O–H groups in total. The number of nitrogens with one attached hydrogen (secondary N) is 1. The highest BCUT2D eigenvalue weighted by atomic mass is 35.5. The predicted molar refractivity (Wildman–Crippen MR) is 89.8 cm³/mol. The van der Waals surface area contributed by atoms with Crippen molar-refractivity contribution >= 4 is 28.5 Å². The van der Waals surface area contributed by atoms with E-state index in [0.717, 1.165) is 16.5 Å². The lowest BCUT2D eigenvalue weighted by molar-refractivity contribution is 0.0951. The molecule has 0 saturated carbocycles. The average molecular weight is 328 g/mol. The van der Waals surface area contributed by atoms with E-state index in [1.165, 1.54) is 6.07 Å². The van der Waals surface area contributed by atoms with Crippen molar-refractivity contribution in [3.8, 4) is 0 Å². The molecule has 0 fully saturated rings. The Morgan fingerprint density at radius 2 is 1.87 bits per heavy atom. The normalized spacial score (nSPS) is 10.7. The lowest BCUT2D eigenvalue weighted by Crippen LogP contribution is -2.23. The Hall–Kier alpha value is -2.59. The Bertz CT molecular complexity index is 929. The van der Waals surface area contributed by atoms with Crippen molar-refractivity contribution in [2.45, 2.75) is 13.5 Å². The molecule has 0 aliphatic carbocycles. The number of benzene rings is 2. The van der Waals surface area contributed by atoms with Crippen LogP contribution in [0, 0.1) is 6.92 Å². The van der Waals surface area contributed by atoms with Gasteiger partial charge in [-0.2, -0.15) is 0 Å². The van der Waals surface area contributed by atoms with E-state index in [-0.39, 0.29) is 12.5 Å². The summed E-state index contributed by atoms with van der Waals surface area (Å²) in [5, 5.41) is 4.20. The van der Waals surface area contributed by atoms with Gasteiger partial charge >= 0.3 is 5.63 Å². The number of halogens is 1. The Kier molecular flexibility index (Phi) is 4.17. The molecule has 4 nitrogen and oxygen atoms in total. The van der Waals surface area contributed by atoms with Crippen LogP contribution in [0.1, 0.15) is 21.5 Å². The van der Waals surface area contributed by atoms with E-state index in [0.29, 0.717) is 16.2 Å². The maximum atomic E-state index is 12.2. The number of fused-ring (bicyclic) bond motifs is 1. The van der Waals surface area contributed by atoms with Crippen LogP contribution in [-0.2, 0) is 6.54 Å². The zero-order valence-corrected chi connectivity index (χ0v) is 13.2. The van der Waals surface area contributed by atoms with E-state index >= 15 is 0 Å². The third kappa shape index (κ3) is 3.43. The standard InChI is InChI=1S/C18H14ClNO3/c1-11-2-7-16-15(8-11)13(9-17(21)23-16)10-20-18(22)12-3-5-14(19)6-4-12/h2-9H,10H2,1H3,(H,20,22). The first kappa shape index (κ1) is 15.3. The van der Waals surface area contributed by atoms with Gasteiger partial charge in [0, 0.05) is 28.6 Å². The molecule has 0 saturated heterocycles. The van der Waals surface area contributed by atoms with Crippen LogP contribution in [0.4, 0.5) is 0 Å². The van der Waals surface area contributed by atoms with Crippen molar-refractivity contribution in [3.63, 3.8) is 0 Å². The molecule has 0 aliphatic rings. The van der Waals surface area contributed by atoms with Gasteiger partial charge in [-0.1, -0.05) is 23.2 Å². The summed E-state index contributed by atoms with van der Waals surface area (Å²) in [5.74, 6) is -0.226. The quantitative estimate of drug-likeness (QED) is 0.746. The summed E-state index contributed by atoms with van der Waals surface area (Å²) >= 11 is 5.81. The third-order valence-corrected chi connectivity index (χ3v) is 3.78. The zero-order chi connectivity index (χ0) is 16.4. The Morgan fingerprint density at radius 1 is 1.13 bits per heavy atom. The number of carbonyl (C=O) groups excluding carboxylic acids is 1. The first-order chi connectivity index (χ1) is 11.0. The van der Waals surface area contributed by atoms with Gasteiger partial charge in [-0.15, -0.1) is 0 Å². The van der Waals surface area contributed by atoms with Crippen LogP contribution in [-0.4, -0.2) is 5.91 Å². The lowest BCUT2D eigenvalue weighted by atomic mass is 10.1. The average Bonchev–Trinajstić information content (AvgIpc) is 2.53. The molecule has 3 rings (SSSR count). The van der Waals surface area contributed by atoms with Crippen LogP contribution in [0.5, 0.6) is 0 Å². The minimum absolute atomic E-state index is 0.226. The fourth-order valence-electron chi connectivity index (χ4n) is 2.37. The Balaban J connectivity index is 1.86. The van der Waals surface area contributed by atoms with Crippen LogP contribution in [0.3, 0.4) is 0 Å². The summed E-state index contributed by atoms with van der Waals surface area (Å²) in [5.41, 5.74) is 2.37. The molecular formula is C18H14ClNO3. The number of amides is 1. The number of rotatable bonds is 3. The Labute approximate surface area is 137 Å². The molecular weight excluding hydrogens is 314 g/mol. The van der Waals surface area contributed by atoms with E-state index in [1.807, 2.05) is 19.1 Å². The molecule has 1 heterocycles. The first-order valence-corrected chi connectivity index (χ1v) is 7.48. The second kappa shape index (κ2) is 6.26. The van der Waals surface area contributed by atoms with E-state index in [9.17, 15) is 9.59 Å². The predicted octanol–water partition coefficient (Wildman–Crippen LogP) is 3.68. The van der Waals surface area contributed by atoms with Crippen molar-refractivity contribution < 1.29 is 9.21 Å². The highest BCUT2D eigenvalue weighted by Gasteiger charge is 2.09. The molecule has 3 aromatic rings. The number of aryl methyl sites for hydroxylation is 1. The fourth-order valence-corrected chi connectivity index (χ4v) is 2.49. The minimum atomic E-state index is -0.433. The molecule has 0 aliphatic heterocycles. The topological polar surface area (TPSA) is 59.3 Å². The van der Waals surface area contributed by atoms with Gasteiger partial charge in [0.15, 0.2) is 0 Å². The second-order valence-electron chi connectivity index (χ2n) is 5.28. The summed E-state index contributed by atoms with van der Waals surface area (Å²) in [4.78, 5) is 23.8. The third-order valence-electron chi connectivity index (χ3n) is 3.53. The molecule has 1 amide bonds. The summed E-state index contributed by atoms with van der Waals surface area (Å²) in [7, 11) is 0. The smallest absolute Gasteiger partial charge is 0.336 e. The van der Waals surface area contributed by atoms with Crippen LogP contribution >= 0.6 is 11.6 Å². The SMILES string of the molecule is Cc1ccc2oc(=O)cc(CNC(=O)c3ccc(Cl)cc3)c2c1. The minimum Gasteiger partial charge on any atom is -0.423 e. The van der Waals surface area contributed by atoms with Gasteiger partial charge in [-0.05, 0) is 48.9 Å². The van der Waals surface area contributed by atoms with E-state index in [4.69, 9.17) is 16.0 Å². The van der Waals surface area contributed by atoms with E-state index < -0.39 is 5.63 Å². The van der Waals surface area contributed by atoms with Gasteiger partial charge in [0.1, 0.15) is 5.58 Å². The molecule has 0 radical (unpaired) electrons. The van der Waals surface area contributed by atoms with Crippen LogP contribution in [0.15, 0.2) is 57.7 Å². The van der Waals surface area contributed by atoms with Crippen LogP contribution in [0.2, 0.25) is 5.02 Å². The largest absolute Gasteiger partial charge is 0.423 e. The molecule has 0 bridgehead atoms. The lowest BCUT2D eigenvalue weighted by Gasteiger charge is -2.08. The van der Waals surface area contributed by atoms with Crippen molar-refractivity contribution in [3.05, 3.63) is 80.7 Å². The van der Waals surface area contributed by atoms with Gasteiger partial charge in [0.05, 0.1) is 0 Å². The first-order valence-electron chi connectivity index (χ1n) is 7.10. The number of hydrogen-bond donors (Lipinski definition) is 1. The molecule has 0 unspecified atom stereocenters. The second-order valence-corrected chi connectivity index (χ2v) is 5.72. The number of hydrogen-bond acceptors (Lipinski definition) is 3. The molecule has 5 heteroatoms. The maximum Gasteiger partial charge on any atom is 0.336 e. The van der Waals surface area contributed by atoms with Crippen molar-refractivity contribution in [2.75, 3.05) is 0 Å². The molecule has 23 heavy (non-hydrogen) atoms. The van der Waals surface area contributed by atoms with Gasteiger partial charge in [-0.25, -0.2) is 4.79 Å². The van der Waals surface area contributed by atoms with Crippen molar-refractivity contribution in [1.29, 1.82) is 0 Å². The van der Waals surface area contributed by atoms with E-state index in [1.54, 1.807) is 30.3 Å². The summed E-state index contributed by atoms with van der Waals surface area (Å²) < 4.78 is 5.18. The van der Waals surface area contributed by atoms with Gasteiger partial charge in [-0.3, -0.25) is 4.79 Å². The maximum absolute atomic E-state index is 12.2. The molecule has 0 atom stereocenters. The molecule has 2 aromatic carbocycles. The summed E-state index contributed by atoms with van der Waals surface area (Å²) in [6.45, 7) is 2.20. The van der Waals surface area contributed by atoms with Gasteiger partial charge in [0.2, 0.25) is 0 Å². The highest BCUT2D eigenvalue weighted by molar-refractivity contribution is 6.30. The zero-order valence-electron chi connectivity index (χ0n) is 12.4.